The van der Waals surface area contributed by atoms with Gasteiger partial charge in [-0.15, -0.1) is 31.7 Å². The Morgan fingerprint density at radius 2 is 0.970 bits per heavy atom. The first-order valence-corrected chi connectivity index (χ1v) is 12.1. The highest BCUT2D eigenvalue weighted by molar-refractivity contribution is 7.28. The smallest absolute Gasteiger partial charge is 0.235 e. The van der Waals surface area contributed by atoms with Crippen molar-refractivity contribution in [2.75, 3.05) is 0 Å². The molecule has 0 aliphatic carbocycles. The summed E-state index contributed by atoms with van der Waals surface area (Å²) >= 11 is 4.64. The molecule has 0 atom stereocenters. The number of nitrogens with zero attached hydrogens (tertiary/aromatic N) is 10. The summed E-state index contributed by atoms with van der Waals surface area (Å²) in [4.78, 5) is 11.7. The molecule has 0 aliphatic rings. The van der Waals surface area contributed by atoms with E-state index in [1.54, 1.807) is 45.2 Å². The van der Waals surface area contributed by atoms with Crippen molar-refractivity contribution >= 4 is 43.9 Å². The lowest BCUT2D eigenvalue weighted by atomic mass is 10.2. The van der Waals surface area contributed by atoms with E-state index in [1.807, 2.05) is 24.3 Å². The van der Waals surface area contributed by atoms with Crippen LogP contribution in [0.4, 0.5) is 0 Å². The minimum absolute atomic E-state index is 0.698. The summed E-state index contributed by atoms with van der Waals surface area (Å²) in [6.45, 7) is 0. The molecule has 13 heteroatoms. The summed E-state index contributed by atoms with van der Waals surface area (Å²) in [5.41, 5.74) is 1.84. The van der Waals surface area contributed by atoms with Crippen LogP contribution in [-0.2, 0) is 0 Å². The monoisotopic (exact) mass is 486 g/mol. The van der Waals surface area contributed by atoms with Crippen molar-refractivity contribution in [2.24, 2.45) is 0 Å². The van der Waals surface area contributed by atoms with Crippen LogP contribution in [0, 0.1) is 0 Å². The van der Waals surface area contributed by atoms with Crippen LogP contribution in [0.25, 0.3) is 52.5 Å². The molecule has 0 N–H and O–H groups in total. The van der Waals surface area contributed by atoms with E-state index < -0.39 is 0 Å². The van der Waals surface area contributed by atoms with Crippen LogP contribution in [0.3, 0.4) is 0 Å². The second-order valence-electron chi connectivity index (χ2n) is 6.89. The zero-order valence-electron chi connectivity index (χ0n) is 16.5. The van der Waals surface area contributed by atoms with Crippen LogP contribution < -0.4 is 0 Å². The standard InChI is InChI=1S/C20H10N10S3/c1-2-14(18-28-30-16(24-26-20(30)33-18)12-5-9-22-10-6-12)31-13(1)17-27-29-15(23-25-19(29)32-17)11-3-7-21-8-4-11/h1-10H. The average molecular weight is 487 g/mol. The van der Waals surface area contributed by atoms with Crippen molar-refractivity contribution in [3.8, 4) is 42.5 Å². The van der Waals surface area contributed by atoms with Gasteiger partial charge in [0.1, 0.15) is 0 Å². The average Bonchev–Trinajstić information content (AvgIpc) is 3.65. The van der Waals surface area contributed by atoms with Gasteiger partial charge in [-0.3, -0.25) is 9.97 Å². The van der Waals surface area contributed by atoms with Gasteiger partial charge >= 0.3 is 0 Å². The molecule has 0 amide bonds. The lowest BCUT2D eigenvalue weighted by Crippen LogP contribution is -1.90. The molecule has 0 unspecified atom stereocenters. The quantitative estimate of drug-likeness (QED) is 0.364. The molecule has 0 aromatic carbocycles. The van der Waals surface area contributed by atoms with Crippen molar-refractivity contribution < 1.29 is 0 Å². The fourth-order valence-corrected chi connectivity index (χ4v) is 6.15. The minimum Gasteiger partial charge on any atom is -0.265 e. The second kappa shape index (κ2) is 7.30. The van der Waals surface area contributed by atoms with E-state index in [2.05, 4.69) is 42.5 Å². The summed E-state index contributed by atoms with van der Waals surface area (Å²) < 4.78 is 3.55. The number of hydrogen-bond acceptors (Lipinski definition) is 11. The number of pyridine rings is 2. The molecule has 0 spiro atoms. The van der Waals surface area contributed by atoms with Crippen LogP contribution in [0.5, 0.6) is 0 Å². The molecular weight excluding hydrogens is 476 g/mol. The van der Waals surface area contributed by atoms with E-state index in [1.165, 1.54) is 22.7 Å². The van der Waals surface area contributed by atoms with Gasteiger partial charge in [-0.05, 0) is 36.4 Å². The SMILES string of the molecule is c1cc(-c2nnc3sc(-c4ccc(-c5nn6c(-c7ccncc7)nnc6s5)s4)nn23)ccn1. The second-order valence-corrected chi connectivity index (χ2v) is 9.88. The summed E-state index contributed by atoms with van der Waals surface area (Å²) in [6.07, 6.45) is 6.93. The van der Waals surface area contributed by atoms with Crippen molar-refractivity contribution in [1.82, 2.24) is 49.6 Å². The highest BCUT2D eigenvalue weighted by Gasteiger charge is 2.18. The van der Waals surface area contributed by atoms with Crippen molar-refractivity contribution in [3.05, 3.63) is 61.2 Å². The van der Waals surface area contributed by atoms with Gasteiger partial charge in [0.2, 0.25) is 9.92 Å². The normalized spacial score (nSPS) is 11.6. The number of aromatic nitrogens is 10. The Morgan fingerprint density at radius 3 is 1.42 bits per heavy atom. The number of thiophene rings is 1. The first kappa shape index (κ1) is 18.6. The Balaban J connectivity index is 1.25. The Bertz CT molecular complexity index is 1600. The van der Waals surface area contributed by atoms with E-state index in [9.17, 15) is 0 Å². The van der Waals surface area contributed by atoms with Crippen molar-refractivity contribution in [3.63, 3.8) is 0 Å². The third-order valence-corrected chi connectivity index (χ3v) is 8.11. The van der Waals surface area contributed by atoms with Gasteiger partial charge in [-0.25, -0.2) is 0 Å². The maximum absolute atomic E-state index is 4.76. The molecule has 7 rings (SSSR count). The summed E-state index contributed by atoms with van der Waals surface area (Å²) in [6, 6.07) is 11.7. The van der Waals surface area contributed by atoms with Crippen molar-refractivity contribution in [1.29, 1.82) is 0 Å². The number of rotatable bonds is 4. The van der Waals surface area contributed by atoms with Gasteiger partial charge in [0.05, 0.1) is 9.75 Å². The molecule has 10 nitrogen and oxygen atoms in total. The zero-order chi connectivity index (χ0) is 21.8. The van der Waals surface area contributed by atoms with Crippen LogP contribution in [0.15, 0.2) is 61.2 Å². The molecule has 7 aromatic rings. The molecular formula is C20H10N10S3. The molecule has 0 fully saturated rings. The summed E-state index contributed by atoms with van der Waals surface area (Å²) in [5, 5.41) is 28.4. The Kier molecular flexibility index (Phi) is 4.12. The highest BCUT2D eigenvalue weighted by Crippen LogP contribution is 2.38. The first-order chi connectivity index (χ1) is 16.3. The lowest BCUT2D eigenvalue weighted by molar-refractivity contribution is 0.971. The van der Waals surface area contributed by atoms with Gasteiger partial charge in [0.15, 0.2) is 21.7 Å². The van der Waals surface area contributed by atoms with Crippen LogP contribution in [0.2, 0.25) is 0 Å². The predicted octanol–water partition coefficient (Wildman–Crippen LogP) is 4.20. The molecule has 0 bridgehead atoms. The van der Waals surface area contributed by atoms with Crippen LogP contribution in [-0.4, -0.2) is 49.6 Å². The molecule has 0 saturated carbocycles. The Hall–Kier alpha value is -3.94. The van der Waals surface area contributed by atoms with Gasteiger partial charge in [0.25, 0.3) is 0 Å². The highest BCUT2D eigenvalue weighted by atomic mass is 32.1. The topological polar surface area (TPSA) is 112 Å². The minimum atomic E-state index is 0.698. The number of hydrogen-bond donors (Lipinski definition) is 0. The van der Waals surface area contributed by atoms with E-state index in [0.29, 0.717) is 11.6 Å². The molecule has 158 valence electrons. The summed E-state index contributed by atoms with van der Waals surface area (Å²) in [5.74, 6) is 1.40. The molecule has 0 aliphatic heterocycles. The van der Waals surface area contributed by atoms with E-state index >= 15 is 0 Å². The largest absolute Gasteiger partial charge is 0.265 e. The molecule has 0 radical (unpaired) electrons. The molecule has 0 saturated heterocycles. The molecule has 7 aromatic heterocycles. The van der Waals surface area contributed by atoms with Crippen molar-refractivity contribution in [2.45, 2.75) is 0 Å². The van der Waals surface area contributed by atoms with Gasteiger partial charge < -0.3 is 0 Å². The van der Waals surface area contributed by atoms with Gasteiger partial charge in [-0.2, -0.15) is 19.2 Å². The molecule has 33 heavy (non-hydrogen) atoms. The maximum atomic E-state index is 4.76. The third-order valence-electron chi connectivity index (χ3n) is 4.89. The van der Waals surface area contributed by atoms with Gasteiger partial charge in [-0.1, -0.05) is 22.7 Å². The zero-order valence-corrected chi connectivity index (χ0v) is 18.9. The fraction of sp³-hybridized carbons (Fsp3) is 0. The third kappa shape index (κ3) is 3.05. The van der Waals surface area contributed by atoms with E-state index in [4.69, 9.17) is 10.2 Å². The van der Waals surface area contributed by atoms with E-state index in [0.717, 1.165) is 40.8 Å². The predicted molar refractivity (Wildman–Crippen MR) is 126 cm³/mol. The Morgan fingerprint density at radius 1 is 0.515 bits per heavy atom. The van der Waals surface area contributed by atoms with Gasteiger partial charge in [0, 0.05) is 35.9 Å². The molecule has 7 heterocycles. The Labute approximate surface area is 196 Å². The number of fused-ring (bicyclic) bond motifs is 2. The summed E-state index contributed by atoms with van der Waals surface area (Å²) in [7, 11) is 0. The fourth-order valence-electron chi connectivity index (χ4n) is 3.36. The maximum Gasteiger partial charge on any atom is 0.235 e. The first-order valence-electron chi connectivity index (χ1n) is 9.69. The lowest BCUT2D eigenvalue weighted by Gasteiger charge is -1.95. The van der Waals surface area contributed by atoms with Crippen LogP contribution in [0.1, 0.15) is 0 Å². The van der Waals surface area contributed by atoms with Crippen LogP contribution >= 0.6 is 34.0 Å². The van der Waals surface area contributed by atoms with E-state index in [-0.39, 0.29) is 0 Å².